The zero-order valence-corrected chi connectivity index (χ0v) is 11.4. The minimum atomic E-state index is -0.507. The van der Waals surface area contributed by atoms with E-state index >= 15 is 0 Å². The van der Waals surface area contributed by atoms with E-state index in [1.54, 1.807) is 12.4 Å². The molecule has 106 valence electrons. The summed E-state index contributed by atoms with van der Waals surface area (Å²) < 4.78 is 27.9. The van der Waals surface area contributed by atoms with E-state index in [0.717, 1.165) is 12.0 Å². The molecule has 0 radical (unpaired) electrons. The molecule has 0 saturated carbocycles. The van der Waals surface area contributed by atoms with Crippen molar-refractivity contribution >= 4 is 0 Å². The zero-order chi connectivity index (χ0) is 14.4. The minimum Gasteiger partial charge on any atom is -0.309 e. The van der Waals surface area contributed by atoms with E-state index in [0.29, 0.717) is 13.0 Å². The molecule has 4 heteroatoms. The van der Waals surface area contributed by atoms with Crippen LogP contribution in [-0.2, 0) is 6.42 Å². The van der Waals surface area contributed by atoms with Crippen LogP contribution in [0.4, 0.5) is 8.78 Å². The molecular formula is C16H18F2N2. The van der Waals surface area contributed by atoms with E-state index in [1.165, 1.54) is 18.2 Å². The van der Waals surface area contributed by atoms with Crippen LogP contribution >= 0.6 is 0 Å². The first-order chi connectivity index (χ1) is 9.72. The summed E-state index contributed by atoms with van der Waals surface area (Å²) in [5.41, 5.74) is 1.11. The van der Waals surface area contributed by atoms with Gasteiger partial charge in [0.1, 0.15) is 11.6 Å². The molecule has 1 aromatic carbocycles. The maximum Gasteiger partial charge on any atom is 0.130 e. The summed E-state index contributed by atoms with van der Waals surface area (Å²) >= 11 is 0. The number of halogens is 2. The smallest absolute Gasteiger partial charge is 0.130 e. The first-order valence-corrected chi connectivity index (χ1v) is 6.78. The number of aromatic nitrogens is 1. The highest BCUT2D eigenvalue weighted by Crippen LogP contribution is 2.24. The summed E-state index contributed by atoms with van der Waals surface area (Å²) in [7, 11) is 0. The Hall–Kier alpha value is -1.81. The van der Waals surface area contributed by atoms with Crippen molar-refractivity contribution in [1.82, 2.24) is 10.3 Å². The second-order valence-corrected chi connectivity index (χ2v) is 4.70. The van der Waals surface area contributed by atoms with Crippen LogP contribution in [0.3, 0.4) is 0 Å². The predicted molar refractivity (Wildman–Crippen MR) is 75.3 cm³/mol. The van der Waals surface area contributed by atoms with Gasteiger partial charge in [0.05, 0.1) is 0 Å². The maximum atomic E-state index is 13.9. The number of rotatable bonds is 6. The number of hydrogen-bond acceptors (Lipinski definition) is 2. The monoisotopic (exact) mass is 276 g/mol. The molecule has 0 saturated heterocycles. The molecule has 2 nitrogen and oxygen atoms in total. The molecule has 0 bridgehead atoms. The van der Waals surface area contributed by atoms with Gasteiger partial charge in [-0.1, -0.05) is 13.0 Å². The topological polar surface area (TPSA) is 24.9 Å². The summed E-state index contributed by atoms with van der Waals surface area (Å²) in [6.07, 6.45) is 4.80. The number of benzene rings is 1. The van der Waals surface area contributed by atoms with Crippen LogP contribution < -0.4 is 5.32 Å². The largest absolute Gasteiger partial charge is 0.309 e. The summed E-state index contributed by atoms with van der Waals surface area (Å²) in [6, 6.07) is 7.33. The third-order valence-corrected chi connectivity index (χ3v) is 3.18. The van der Waals surface area contributed by atoms with Crippen LogP contribution in [0.25, 0.3) is 0 Å². The predicted octanol–water partition coefficient (Wildman–Crippen LogP) is 3.64. The van der Waals surface area contributed by atoms with Crippen molar-refractivity contribution in [3.05, 3.63) is 65.5 Å². The Labute approximate surface area is 117 Å². The Bertz CT molecular complexity index is 523. The molecule has 1 unspecified atom stereocenters. The summed E-state index contributed by atoms with van der Waals surface area (Å²) in [5, 5.41) is 3.22. The Balaban J connectivity index is 2.27. The maximum absolute atomic E-state index is 13.9. The minimum absolute atomic E-state index is 0.109. The van der Waals surface area contributed by atoms with E-state index < -0.39 is 11.6 Å². The van der Waals surface area contributed by atoms with Crippen LogP contribution in [-0.4, -0.2) is 11.5 Å². The van der Waals surface area contributed by atoms with Crippen molar-refractivity contribution in [2.24, 2.45) is 0 Å². The highest BCUT2D eigenvalue weighted by Gasteiger charge is 2.19. The molecular weight excluding hydrogens is 258 g/mol. The first-order valence-electron chi connectivity index (χ1n) is 6.78. The summed E-state index contributed by atoms with van der Waals surface area (Å²) in [5.74, 6) is -1.01. The van der Waals surface area contributed by atoms with Crippen molar-refractivity contribution in [3.8, 4) is 0 Å². The van der Waals surface area contributed by atoms with Crippen LogP contribution in [0.2, 0.25) is 0 Å². The third-order valence-electron chi connectivity index (χ3n) is 3.18. The van der Waals surface area contributed by atoms with E-state index in [4.69, 9.17) is 0 Å². The van der Waals surface area contributed by atoms with Crippen molar-refractivity contribution in [2.75, 3.05) is 6.54 Å². The van der Waals surface area contributed by atoms with Crippen molar-refractivity contribution < 1.29 is 8.78 Å². The van der Waals surface area contributed by atoms with Crippen LogP contribution in [0.5, 0.6) is 0 Å². The average molecular weight is 276 g/mol. The van der Waals surface area contributed by atoms with Gasteiger partial charge < -0.3 is 5.32 Å². The Morgan fingerprint density at radius 1 is 1.10 bits per heavy atom. The number of hydrogen-bond donors (Lipinski definition) is 1. The SMILES string of the molecule is CCCNC(Cc1ccncc1)c1c(F)cccc1F. The highest BCUT2D eigenvalue weighted by molar-refractivity contribution is 5.26. The molecule has 0 aliphatic heterocycles. The lowest BCUT2D eigenvalue weighted by Gasteiger charge is -2.20. The molecule has 0 fully saturated rings. The molecule has 1 heterocycles. The molecule has 20 heavy (non-hydrogen) atoms. The van der Waals surface area contributed by atoms with Gasteiger partial charge in [0.25, 0.3) is 0 Å². The molecule has 0 spiro atoms. The Morgan fingerprint density at radius 3 is 2.35 bits per heavy atom. The number of pyridine rings is 1. The fourth-order valence-electron chi connectivity index (χ4n) is 2.19. The Kier molecular flexibility index (Phi) is 5.18. The van der Waals surface area contributed by atoms with E-state index in [1.807, 2.05) is 19.1 Å². The molecule has 0 aliphatic carbocycles. The second-order valence-electron chi connectivity index (χ2n) is 4.70. The van der Waals surface area contributed by atoms with Gasteiger partial charge in [-0.25, -0.2) is 8.78 Å². The van der Waals surface area contributed by atoms with Gasteiger partial charge in [-0.2, -0.15) is 0 Å². The molecule has 1 aromatic heterocycles. The second kappa shape index (κ2) is 7.10. The van der Waals surface area contributed by atoms with Crippen molar-refractivity contribution in [2.45, 2.75) is 25.8 Å². The van der Waals surface area contributed by atoms with Gasteiger partial charge in [0, 0.05) is 24.0 Å². The highest BCUT2D eigenvalue weighted by atomic mass is 19.1. The molecule has 0 aliphatic rings. The van der Waals surface area contributed by atoms with Gasteiger partial charge in [-0.3, -0.25) is 4.98 Å². The lowest BCUT2D eigenvalue weighted by atomic mass is 9.98. The van der Waals surface area contributed by atoms with Crippen LogP contribution in [0, 0.1) is 11.6 Å². The normalized spacial score (nSPS) is 12.3. The summed E-state index contributed by atoms with van der Waals surface area (Å²) in [6.45, 7) is 2.73. The lowest BCUT2D eigenvalue weighted by molar-refractivity contribution is 0.464. The third kappa shape index (κ3) is 3.61. The molecule has 1 atom stereocenters. The number of nitrogens with one attached hydrogen (secondary N) is 1. The first kappa shape index (κ1) is 14.6. The zero-order valence-electron chi connectivity index (χ0n) is 11.4. The van der Waals surface area contributed by atoms with Crippen molar-refractivity contribution in [3.63, 3.8) is 0 Å². The van der Waals surface area contributed by atoms with E-state index in [2.05, 4.69) is 10.3 Å². The van der Waals surface area contributed by atoms with Gasteiger partial charge in [0.15, 0.2) is 0 Å². The molecule has 2 aromatic rings. The van der Waals surface area contributed by atoms with E-state index in [-0.39, 0.29) is 11.6 Å². The van der Waals surface area contributed by atoms with Gasteiger partial charge in [0.2, 0.25) is 0 Å². The molecule has 0 amide bonds. The van der Waals surface area contributed by atoms with Gasteiger partial charge >= 0.3 is 0 Å². The van der Waals surface area contributed by atoms with Gasteiger partial charge in [-0.05, 0) is 49.2 Å². The molecule has 2 rings (SSSR count). The molecule has 1 N–H and O–H groups in total. The fourth-order valence-corrected chi connectivity index (χ4v) is 2.19. The summed E-state index contributed by atoms with van der Waals surface area (Å²) in [4.78, 5) is 3.95. The van der Waals surface area contributed by atoms with E-state index in [9.17, 15) is 8.78 Å². The lowest BCUT2D eigenvalue weighted by Crippen LogP contribution is -2.26. The standard InChI is InChI=1S/C16H18F2N2/c1-2-8-20-15(11-12-6-9-19-10-7-12)16-13(17)4-3-5-14(16)18/h3-7,9-10,15,20H,2,8,11H2,1H3. The average Bonchev–Trinajstić information content (AvgIpc) is 2.45. The van der Waals surface area contributed by atoms with Crippen molar-refractivity contribution in [1.29, 1.82) is 0 Å². The van der Waals surface area contributed by atoms with Gasteiger partial charge in [-0.15, -0.1) is 0 Å². The number of nitrogens with zero attached hydrogens (tertiary/aromatic N) is 1. The Morgan fingerprint density at radius 2 is 1.75 bits per heavy atom. The van der Waals surface area contributed by atoms with Crippen LogP contribution in [0.1, 0.15) is 30.5 Å². The fraction of sp³-hybridized carbons (Fsp3) is 0.312. The quantitative estimate of drug-likeness (QED) is 0.871. The van der Waals surface area contributed by atoms with Crippen LogP contribution in [0.15, 0.2) is 42.7 Å².